The zero-order chi connectivity index (χ0) is 14.0. The van der Waals surface area contributed by atoms with Crippen LogP contribution in [0.2, 0.25) is 0 Å². The summed E-state index contributed by atoms with van der Waals surface area (Å²) in [6.45, 7) is 0. The van der Waals surface area contributed by atoms with Gasteiger partial charge in [-0.1, -0.05) is 0 Å². The van der Waals surface area contributed by atoms with Gasteiger partial charge in [0.05, 0.1) is 0 Å². The van der Waals surface area contributed by atoms with Crippen molar-refractivity contribution in [1.29, 1.82) is 0 Å². The first-order valence-electron chi connectivity index (χ1n) is 6.80. The van der Waals surface area contributed by atoms with E-state index < -0.39 is 0 Å². The third kappa shape index (κ3) is 5.16. The molecule has 2 rings (SSSR count). The molecule has 0 aliphatic heterocycles. The SMILES string of the molecule is O=CC(=CCCCc1ccccc1)[Se]c1ccccc1. The van der Waals surface area contributed by atoms with Gasteiger partial charge in [0.25, 0.3) is 0 Å². The molecule has 0 aromatic heterocycles. The van der Waals surface area contributed by atoms with Crippen LogP contribution < -0.4 is 4.46 Å². The second-order valence-corrected chi connectivity index (χ2v) is 6.92. The topological polar surface area (TPSA) is 17.1 Å². The molecule has 0 heterocycles. The van der Waals surface area contributed by atoms with Crippen LogP contribution in [0.15, 0.2) is 71.2 Å². The van der Waals surface area contributed by atoms with Gasteiger partial charge < -0.3 is 0 Å². The van der Waals surface area contributed by atoms with Crippen molar-refractivity contribution >= 4 is 25.7 Å². The van der Waals surface area contributed by atoms with Crippen molar-refractivity contribution in [3.63, 3.8) is 0 Å². The second kappa shape index (κ2) is 8.52. The normalized spacial score (nSPS) is 11.3. The molecule has 0 amide bonds. The van der Waals surface area contributed by atoms with Gasteiger partial charge in [0.15, 0.2) is 0 Å². The number of aldehydes is 1. The molecule has 1 nitrogen and oxygen atoms in total. The van der Waals surface area contributed by atoms with Crippen molar-refractivity contribution in [2.45, 2.75) is 19.3 Å². The van der Waals surface area contributed by atoms with Gasteiger partial charge in [0.2, 0.25) is 0 Å². The van der Waals surface area contributed by atoms with E-state index in [1.54, 1.807) is 0 Å². The molecule has 0 aliphatic rings. The van der Waals surface area contributed by atoms with Crippen molar-refractivity contribution in [3.05, 3.63) is 76.8 Å². The minimum atomic E-state index is 0.135. The van der Waals surface area contributed by atoms with Crippen molar-refractivity contribution in [3.8, 4) is 0 Å². The zero-order valence-electron chi connectivity index (χ0n) is 11.4. The molecule has 0 atom stereocenters. The van der Waals surface area contributed by atoms with Crippen LogP contribution >= 0.6 is 0 Å². The summed E-state index contributed by atoms with van der Waals surface area (Å²) < 4.78 is 2.19. The van der Waals surface area contributed by atoms with E-state index in [0.717, 1.165) is 30.0 Å². The number of carbonyl (C=O) groups excluding carboxylic acids is 1. The predicted octanol–water partition coefficient (Wildman–Crippen LogP) is 3.12. The fourth-order valence-corrected chi connectivity index (χ4v) is 3.64. The summed E-state index contributed by atoms with van der Waals surface area (Å²) in [5.74, 6) is 0. The van der Waals surface area contributed by atoms with E-state index in [0.29, 0.717) is 0 Å². The van der Waals surface area contributed by atoms with Gasteiger partial charge in [-0.05, 0) is 0 Å². The summed E-state index contributed by atoms with van der Waals surface area (Å²) in [4.78, 5) is 11.1. The Morgan fingerprint density at radius 3 is 2.25 bits per heavy atom. The molecule has 0 fully saturated rings. The number of hydrogen-bond acceptors (Lipinski definition) is 1. The molecule has 0 spiro atoms. The average molecular weight is 329 g/mol. The number of allylic oxidation sites excluding steroid dienone is 2. The van der Waals surface area contributed by atoms with Crippen LogP contribution in [0.5, 0.6) is 0 Å². The standard InChI is InChI=1S/C18H18OSe/c19-15-18(20-17-12-5-2-6-13-17)14-8-7-11-16-9-3-1-4-10-16/h1-6,9-10,12-15H,7-8,11H2. The quantitative estimate of drug-likeness (QED) is 0.330. The molecule has 0 radical (unpaired) electrons. The molecule has 20 heavy (non-hydrogen) atoms. The molecule has 0 aliphatic carbocycles. The first-order valence-corrected chi connectivity index (χ1v) is 8.52. The van der Waals surface area contributed by atoms with Gasteiger partial charge in [0, 0.05) is 0 Å². The Morgan fingerprint density at radius 1 is 0.950 bits per heavy atom. The molecule has 2 heteroatoms. The van der Waals surface area contributed by atoms with Crippen LogP contribution in [0.4, 0.5) is 0 Å². The maximum absolute atomic E-state index is 11.1. The monoisotopic (exact) mass is 330 g/mol. The fourth-order valence-electron chi connectivity index (χ4n) is 1.93. The summed E-state index contributed by atoms with van der Waals surface area (Å²) in [5.41, 5.74) is 1.36. The Hall–Kier alpha value is -1.63. The van der Waals surface area contributed by atoms with E-state index in [-0.39, 0.29) is 15.0 Å². The van der Waals surface area contributed by atoms with Gasteiger partial charge in [0.1, 0.15) is 0 Å². The number of benzene rings is 2. The molecule has 0 unspecified atom stereocenters. The third-order valence-corrected chi connectivity index (χ3v) is 5.06. The molecular weight excluding hydrogens is 311 g/mol. The molecule has 0 N–H and O–H groups in total. The minimum absolute atomic E-state index is 0.135. The summed E-state index contributed by atoms with van der Waals surface area (Å²) in [6, 6.07) is 20.7. The van der Waals surface area contributed by atoms with Crippen LogP contribution in [0.1, 0.15) is 18.4 Å². The van der Waals surface area contributed by atoms with Crippen LogP contribution in [0.3, 0.4) is 0 Å². The molecule has 102 valence electrons. The van der Waals surface area contributed by atoms with E-state index in [2.05, 4.69) is 42.5 Å². The summed E-state index contributed by atoms with van der Waals surface area (Å²) in [5, 5.41) is 0. The van der Waals surface area contributed by atoms with Crippen molar-refractivity contribution in [2.75, 3.05) is 0 Å². The number of hydrogen-bond donors (Lipinski definition) is 0. The van der Waals surface area contributed by atoms with E-state index in [1.165, 1.54) is 10.0 Å². The van der Waals surface area contributed by atoms with E-state index in [4.69, 9.17) is 0 Å². The van der Waals surface area contributed by atoms with E-state index in [9.17, 15) is 4.79 Å². The van der Waals surface area contributed by atoms with Crippen molar-refractivity contribution < 1.29 is 4.79 Å². The summed E-state index contributed by atoms with van der Waals surface area (Å²) in [6.07, 6.45) is 6.24. The maximum atomic E-state index is 11.1. The van der Waals surface area contributed by atoms with Crippen LogP contribution in [0.25, 0.3) is 0 Å². The molecule has 0 bridgehead atoms. The molecule has 2 aromatic rings. The number of unbranched alkanes of at least 4 members (excludes halogenated alkanes) is 1. The van der Waals surface area contributed by atoms with Gasteiger partial charge >= 0.3 is 127 Å². The Bertz CT molecular complexity index is 546. The molecule has 0 saturated heterocycles. The summed E-state index contributed by atoms with van der Waals surface area (Å²) >= 11 is 0.135. The number of carbonyl (C=O) groups is 1. The second-order valence-electron chi connectivity index (χ2n) is 4.52. The summed E-state index contributed by atoms with van der Waals surface area (Å²) in [7, 11) is 0. The molecular formula is C18H18OSe. The Balaban J connectivity index is 1.81. The van der Waals surface area contributed by atoms with E-state index in [1.807, 2.05) is 24.3 Å². The Morgan fingerprint density at radius 2 is 1.60 bits per heavy atom. The van der Waals surface area contributed by atoms with Crippen molar-refractivity contribution in [2.24, 2.45) is 0 Å². The van der Waals surface area contributed by atoms with Gasteiger partial charge in [-0.15, -0.1) is 0 Å². The zero-order valence-corrected chi connectivity index (χ0v) is 13.1. The average Bonchev–Trinajstić information content (AvgIpc) is 2.52. The van der Waals surface area contributed by atoms with Crippen LogP contribution in [0, 0.1) is 0 Å². The van der Waals surface area contributed by atoms with Gasteiger partial charge in [-0.25, -0.2) is 0 Å². The molecule has 0 saturated carbocycles. The first-order chi connectivity index (χ1) is 9.88. The number of aryl methyl sites for hydroxylation is 1. The fraction of sp³-hybridized carbons (Fsp3) is 0.167. The number of rotatable bonds is 7. The Labute approximate surface area is 126 Å². The van der Waals surface area contributed by atoms with Gasteiger partial charge in [-0.3, -0.25) is 0 Å². The van der Waals surface area contributed by atoms with Gasteiger partial charge in [-0.2, -0.15) is 0 Å². The van der Waals surface area contributed by atoms with Crippen molar-refractivity contribution in [1.82, 2.24) is 0 Å². The van der Waals surface area contributed by atoms with Crippen LogP contribution in [-0.4, -0.2) is 21.2 Å². The predicted molar refractivity (Wildman–Crippen MR) is 85.4 cm³/mol. The first kappa shape index (κ1) is 14.8. The molecule has 2 aromatic carbocycles. The third-order valence-electron chi connectivity index (χ3n) is 2.95. The van der Waals surface area contributed by atoms with Crippen LogP contribution in [-0.2, 0) is 11.2 Å². The Kier molecular flexibility index (Phi) is 6.29. The van der Waals surface area contributed by atoms with E-state index >= 15 is 0 Å².